The molecular formula is C22H40BF4N. The highest BCUT2D eigenvalue weighted by molar-refractivity contribution is 6.73. The molecule has 0 aromatic heterocycles. The van der Waals surface area contributed by atoms with Crippen molar-refractivity contribution in [2.75, 3.05) is 26.2 Å². The van der Waals surface area contributed by atoms with Crippen LogP contribution in [0.5, 0.6) is 0 Å². The molecular weight excluding hydrogens is 365 g/mol. The van der Waals surface area contributed by atoms with E-state index in [0.29, 0.717) is 0 Å². The summed E-state index contributed by atoms with van der Waals surface area (Å²) < 4.78 is 49.1. The van der Waals surface area contributed by atoms with Crippen molar-refractivity contribution in [1.29, 1.82) is 0 Å². The van der Waals surface area contributed by atoms with E-state index in [1.54, 1.807) is 0 Å². The second kappa shape index (κ2) is 14.9. The summed E-state index contributed by atoms with van der Waals surface area (Å²) in [7, 11) is 0. The van der Waals surface area contributed by atoms with Crippen LogP contribution >= 0.6 is 0 Å². The lowest BCUT2D eigenvalue weighted by atomic mass is 9.80. The van der Waals surface area contributed by atoms with Gasteiger partial charge in [-0.15, -0.1) is 5.46 Å². The molecule has 28 heavy (non-hydrogen) atoms. The molecule has 0 aliphatic heterocycles. The zero-order valence-corrected chi connectivity index (χ0v) is 18.3. The summed E-state index contributed by atoms with van der Waals surface area (Å²) in [5, 5.41) is 0. The molecule has 0 saturated carbocycles. The van der Waals surface area contributed by atoms with E-state index in [1.807, 2.05) is 0 Å². The van der Waals surface area contributed by atoms with Crippen LogP contribution in [0.1, 0.15) is 79.1 Å². The maximum atomic E-state index is 12.1. The van der Waals surface area contributed by atoms with Gasteiger partial charge < -0.3 is 17.4 Å². The van der Waals surface area contributed by atoms with E-state index < -0.39 is 18.3 Å². The third-order valence-electron chi connectivity index (χ3n) is 5.19. The second-order valence-electron chi connectivity index (χ2n) is 7.78. The smallest absolute Gasteiger partial charge is 0.445 e. The molecule has 0 amide bonds. The fraction of sp³-hybridized carbons (Fsp3) is 0.727. The normalized spacial score (nSPS) is 11.9. The van der Waals surface area contributed by atoms with Gasteiger partial charge in [-0.25, -0.2) is 4.39 Å². The Morgan fingerprint density at radius 3 is 1.21 bits per heavy atom. The molecule has 1 aromatic rings. The van der Waals surface area contributed by atoms with Crippen LogP contribution in [-0.2, 0) is 0 Å². The molecule has 1 nitrogen and oxygen atoms in total. The van der Waals surface area contributed by atoms with Crippen LogP contribution in [0.15, 0.2) is 24.3 Å². The molecule has 0 unspecified atom stereocenters. The van der Waals surface area contributed by atoms with Crippen LogP contribution in [-0.4, -0.2) is 37.6 Å². The predicted molar refractivity (Wildman–Crippen MR) is 114 cm³/mol. The molecule has 1 rings (SSSR count). The molecule has 0 N–H and O–H groups in total. The van der Waals surface area contributed by atoms with Gasteiger partial charge in [0.2, 0.25) is 0 Å². The standard InChI is InChI=1S/C16H36N.C6H4BF4/c1-5-9-13-17(14-10-6-2,15-11-7-3)16-12-8-4;8-6-3-1-5(2-4-6)7(9,10)11/h5-16H2,1-4H3;1-4H/q+1;-1. The van der Waals surface area contributed by atoms with E-state index >= 15 is 0 Å². The Morgan fingerprint density at radius 1 is 0.643 bits per heavy atom. The average molecular weight is 405 g/mol. The molecule has 0 radical (unpaired) electrons. The van der Waals surface area contributed by atoms with Crippen molar-refractivity contribution in [2.45, 2.75) is 79.1 Å². The molecule has 164 valence electrons. The Kier molecular flexibility index (Phi) is 14.3. The average Bonchev–Trinajstić information content (AvgIpc) is 2.67. The van der Waals surface area contributed by atoms with Gasteiger partial charge in [-0.05, 0) is 37.8 Å². The van der Waals surface area contributed by atoms with Crippen LogP contribution in [0.4, 0.5) is 17.3 Å². The summed E-state index contributed by atoms with van der Waals surface area (Å²) in [4.78, 5) is 0. The van der Waals surface area contributed by atoms with Crippen molar-refractivity contribution in [3.05, 3.63) is 30.1 Å². The lowest BCUT2D eigenvalue weighted by Crippen LogP contribution is -2.50. The number of hydrogen-bond acceptors (Lipinski definition) is 0. The van der Waals surface area contributed by atoms with Crippen molar-refractivity contribution in [2.24, 2.45) is 0 Å². The number of rotatable bonds is 13. The number of nitrogens with zero attached hydrogens (tertiary/aromatic N) is 1. The first kappa shape index (κ1) is 27.0. The SMILES string of the molecule is CCCC[N+](CCCC)(CCCC)CCCC.Fc1ccc([B-](F)(F)F)cc1. The fourth-order valence-electron chi connectivity index (χ4n) is 3.33. The first-order valence-corrected chi connectivity index (χ1v) is 11.0. The van der Waals surface area contributed by atoms with E-state index in [-0.39, 0.29) is 0 Å². The van der Waals surface area contributed by atoms with Crippen molar-refractivity contribution >= 4 is 12.4 Å². The lowest BCUT2D eigenvalue weighted by molar-refractivity contribution is -0.929. The maximum Gasteiger partial charge on any atom is 0.509 e. The Morgan fingerprint density at radius 2 is 0.964 bits per heavy atom. The van der Waals surface area contributed by atoms with Crippen molar-refractivity contribution in [3.8, 4) is 0 Å². The molecule has 0 aliphatic rings. The molecule has 0 atom stereocenters. The summed E-state index contributed by atoms with van der Waals surface area (Å²) >= 11 is 0. The molecule has 0 spiro atoms. The molecule has 1 aromatic carbocycles. The number of benzene rings is 1. The highest BCUT2D eigenvalue weighted by atomic mass is 19.4. The quantitative estimate of drug-likeness (QED) is 0.191. The topological polar surface area (TPSA) is 0 Å². The third-order valence-corrected chi connectivity index (χ3v) is 5.19. The predicted octanol–water partition coefficient (Wildman–Crippen LogP) is 6.88. The van der Waals surface area contributed by atoms with Gasteiger partial charge in [0.15, 0.2) is 0 Å². The van der Waals surface area contributed by atoms with Crippen molar-refractivity contribution < 1.29 is 21.8 Å². The third kappa shape index (κ3) is 11.7. The Labute approximate surface area is 170 Å². The molecule has 0 fully saturated rings. The highest BCUT2D eigenvalue weighted by Crippen LogP contribution is 2.16. The van der Waals surface area contributed by atoms with Gasteiger partial charge in [-0.3, -0.25) is 0 Å². The van der Waals surface area contributed by atoms with Gasteiger partial charge in [-0.1, -0.05) is 65.5 Å². The van der Waals surface area contributed by atoms with Crippen molar-refractivity contribution in [1.82, 2.24) is 0 Å². The van der Waals surface area contributed by atoms with E-state index in [0.717, 1.165) is 24.3 Å². The number of hydrogen-bond donors (Lipinski definition) is 0. The molecule has 0 heterocycles. The first-order valence-electron chi connectivity index (χ1n) is 11.0. The second-order valence-corrected chi connectivity index (χ2v) is 7.78. The van der Waals surface area contributed by atoms with Gasteiger partial charge in [0, 0.05) is 0 Å². The minimum Gasteiger partial charge on any atom is -0.445 e. The minimum atomic E-state index is -4.98. The summed E-state index contributed by atoms with van der Waals surface area (Å²) in [6.07, 6.45) is 11.1. The summed E-state index contributed by atoms with van der Waals surface area (Å²) in [6, 6.07) is 3.06. The van der Waals surface area contributed by atoms with Crippen LogP contribution in [0.25, 0.3) is 0 Å². The van der Waals surface area contributed by atoms with Gasteiger partial charge >= 0.3 is 6.98 Å². The summed E-state index contributed by atoms with van der Waals surface area (Å²) in [6.45, 7) is 10.0. The minimum absolute atomic E-state index is 0.659. The van der Waals surface area contributed by atoms with E-state index in [4.69, 9.17) is 0 Å². The molecule has 0 aliphatic carbocycles. The fourth-order valence-corrected chi connectivity index (χ4v) is 3.33. The number of quaternary nitrogens is 1. The summed E-state index contributed by atoms with van der Waals surface area (Å²) in [5.74, 6) is -0.659. The monoisotopic (exact) mass is 405 g/mol. The number of unbranched alkanes of at least 4 members (excludes halogenated alkanes) is 4. The van der Waals surface area contributed by atoms with Crippen LogP contribution in [0.3, 0.4) is 0 Å². The molecule has 0 saturated heterocycles. The van der Waals surface area contributed by atoms with Gasteiger partial charge in [0.05, 0.1) is 26.2 Å². The number of halogens is 4. The molecule has 6 heteroatoms. The Hall–Kier alpha value is -1.04. The van der Waals surface area contributed by atoms with E-state index in [9.17, 15) is 17.3 Å². The maximum absolute atomic E-state index is 12.1. The summed E-state index contributed by atoms with van der Waals surface area (Å²) in [5.41, 5.74) is -0.772. The highest BCUT2D eigenvalue weighted by Gasteiger charge is 2.25. The molecule has 0 bridgehead atoms. The first-order chi connectivity index (χ1) is 13.2. The zero-order valence-electron chi connectivity index (χ0n) is 18.3. The largest absolute Gasteiger partial charge is 0.509 e. The van der Waals surface area contributed by atoms with Crippen molar-refractivity contribution in [3.63, 3.8) is 0 Å². The van der Waals surface area contributed by atoms with Crippen LogP contribution < -0.4 is 5.46 Å². The van der Waals surface area contributed by atoms with E-state index in [2.05, 4.69) is 27.7 Å². The lowest BCUT2D eigenvalue weighted by Gasteiger charge is -2.39. The van der Waals surface area contributed by atoms with Crippen LogP contribution in [0, 0.1) is 5.82 Å². The van der Waals surface area contributed by atoms with Gasteiger partial charge in [0.25, 0.3) is 0 Å². The Balaban J connectivity index is 0.000000567. The van der Waals surface area contributed by atoms with Gasteiger partial charge in [0.1, 0.15) is 5.82 Å². The Bertz CT molecular complexity index is 451. The van der Waals surface area contributed by atoms with Gasteiger partial charge in [-0.2, -0.15) is 0 Å². The van der Waals surface area contributed by atoms with Crippen LogP contribution in [0.2, 0.25) is 0 Å². The zero-order chi connectivity index (χ0) is 21.5. The van der Waals surface area contributed by atoms with E-state index in [1.165, 1.54) is 82.0 Å².